The van der Waals surface area contributed by atoms with E-state index >= 15 is 0 Å². The van der Waals surface area contributed by atoms with E-state index in [1.54, 1.807) is 25.1 Å². The minimum absolute atomic E-state index is 0.140. The summed E-state index contributed by atoms with van der Waals surface area (Å²) in [6.07, 6.45) is 1.57. The van der Waals surface area contributed by atoms with Crippen LogP contribution in [0.5, 0.6) is 11.5 Å². The molecule has 0 aromatic heterocycles. The fourth-order valence-corrected chi connectivity index (χ4v) is 3.42. The van der Waals surface area contributed by atoms with Crippen LogP contribution < -0.4 is 9.47 Å². The summed E-state index contributed by atoms with van der Waals surface area (Å²) in [5.74, 6) is 0.0255. The van der Waals surface area contributed by atoms with E-state index in [0.717, 1.165) is 16.7 Å². The van der Waals surface area contributed by atoms with Crippen molar-refractivity contribution in [2.45, 2.75) is 6.92 Å². The smallest absolute Gasteiger partial charge is 0.326 e. The average molecular weight is 414 g/mol. The number of hydrogen-bond donors (Lipinski definition) is 0. The Morgan fingerprint density at radius 2 is 2.08 bits per heavy atom. The van der Waals surface area contributed by atoms with Crippen molar-refractivity contribution in [2.75, 3.05) is 19.9 Å². The van der Waals surface area contributed by atoms with Crippen LogP contribution in [0.25, 0.3) is 6.08 Å². The zero-order valence-corrected chi connectivity index (χ0v) is 14.9. The highest BCUT2D eigenvalue weighted by Crippen LogP contribution is 2.39. The summed E-state index contributed by atoms with van der Waals surface area (Å²) < 4.78 is 16.0. The van der Waals surface area contributed by atoms with E-state index in [9.17, 15) is 14.4 Å². The van der Waals surface area contributed by atoms with E-state index in [2.05, 4.69) is 15.9 Å². The fourth-order valence-electron chi connectivity index (χ4n) is 2.16. The topological polar surface area (TPSA) is 82.1 Å². The van der Waals surface area contributed by atoms with Crippen LogP contribution in [0.2, 0.25) is 0 Å². The molecule has 2 aliphatic heterocycles. The van der Waals surface area contributed by atoms with E-state index in [4.69, 9.17) is 14.2 Å². The van der Waals surface area contributed by atoms with Crippen molar-refractivity contribution in [1.82, 2.24) is 4.90 Å². The Morgan fingerprint density at radius 1 is 1.38 bits per heavy atom. The second-order valence-corrected chi connectivity index (χ2v) is 6.65. The van der Waals surface area contributed by atoms with Crippen molar-refractivity contribution in [2.24, 2.45) is 0 Å². The maximum Gasteiger partial charge on any atom is 0.326 e. The first-order chi connectivity index (χ1) is 11.5. The van der Waals surface area contributed by atoms with Crippen LogP contribution in [-0.2, 0) is 14.3 Å². The summed E-state index contributed by atoms with van der Waals surface area (Å²) >= 11 is 4.17. The lowest BCUT2D eigenvalue weighted by molar-refractivity contribution is -0.145. The lowest BCUT2D eigenvalue weighted by Gasteiger charge is -2.10. The molecule has 0 aliphatic carbocycles. The number of nitrogens with zero attached hydrogens (tertiary/aromatic N) is 1. The lowest BCUT2D eigenvalue weighted by atomic mass is 10.2. The second kappa shape index (κ2) is 6.86. The molecule has 1 fully saturated rings. The molecule has 0 spiro atoms. The molecule has 0 atom stereocenters. The summed E-state index contributed by atoms with van der Waals surface area (Å²) in [4.78, 5) is 36.9. The normalized spacial score (nSPS) is 17.8. The largest absolute Gasteiger partial charge is 0.465 e. The predicted molar refractivity (Wildman–Crippen MR) is 89.6 cm³/mol. The molecule has 0 N–H and O–H groups in total. The van der Waals surface area contributed by atoms with E-state index in [0.29, 0.717) is 21.5 Å². The molecule has 2 aliphatic rings. The number of imide groups is 1. The Hall–Kier alpha value is -2.00. The standard InChI is InChI=1S/C15H12BrNO6S/c1-2-21-13(18)6-17-14(19)12(24-15(17)20)4-8-3-10-11(5-9(8)16)23-7-22-10/h3-5H,2,6-7H2,1H3. The average Bonchev–Trinajstić information content (AvgIpc) is 3.07. The predicted octanol–water partition coefficient (Wildman–Crippen LogP) is 2.78. The SMILES string of the molecule is CCOC(=O)CN1C(=O)SC(=Cc2cc3c(cc2Br)OCO3)C1=O. The van der Waals surface area contributed by atoms with Gasteiger partial charge in [0.25, 0.3) is 11.1 Å². The van der Waals surface area contributed by atoms with Gasteiger partial charge in [-0.25, -0.2) is 0 Å². The number of ether oxygens (including phenoxy) is 3. The third kappa shape index (κ3) is 3.27. The first-order valence-corrected chi connectivity index (χ1v) is 8.60. The Labute approximate surface area is 150 Å². The van der Waals surface area contributed by atoms with Gasteiger partial charge in [0.2, 0.25) is 6.79 Å². The van der Waals surface area contributed by atoms with Gasteiger partial charge in [0.15, 0.2) is 11.5 Å². The van der Waals surface area contributed by atoms with Crippen molar-refractivity contribution in [3.63, 3.8) is 0 Å². The molecular weight excluding hydrogens is 402 g/mol. The third-order valence-electron chi connectivity index (χ3n) is 3.24. The van der Waals surface area contributed by atoms with Crippen molar-refractivity contribution >= 4 is 50.9 Å². The number of amides is 2. The van der Waals surface area contributed by atoms with E-state index in [1.165, 1.54) is 0 Å². The Morgan fingerprint density at radius 3 is 2.79 bits per heavy atom. The summed E-state index contributed by atoms with van der Waals surface area (Å²) in [5.41, 5.74) is 0.667. The Bertz CT molecular complexity index is 763. The van der Waals surface area contributed by atoms with Gasteiger partial charge in [-0.1, -0.05) is 15.9 Å². The number of thioether (sulfide) groups is 1. The summed E-state index contributed by atoms with van der Waals surface area (Å²) in [7, 11) is 0. The van der Waals surface area contributed by atoms with Gasteiger partial charge in [-0.05, 0) is 42.5 Å². The van der Waals surface area contributed by atoms with Crippen LogP contribution in [-0.4, -0.2) is 42.0 Å². The number of benzene rings is 1. The van der Waals surface area contributed by atoms with Gasteiger partial charge in [-0.2, -0.15) is 0 Å². The molecule has 1 saturated heterocycles. The number of fused-ring (bicyclic) bond motifs is 1. The number of carbonyl (C=O) groups excluding carboxylic acids is 3. The number of esters is 1. The zero-order chi connectivity index (χ0) is 17.3. The molecule has 0 radical (unpaired) electrons. The van der Waals surface area contributed by atoms with Gasteiger partial charge in [0, 0.05) is 4.47 Å². The van der Waals surface area contributed by atoms with E-state index in [-0.39, 0.29) is 18.3 Å². The molecule has 2 amide bonds. The van der Waals surface area contributed by atoms with Gasteiger partial charge >= 0.3 is 5.97 Å². The highest BCUT2D eigenvalue weighted by molar-refractivity contribution is 9.10. The van der Waals surface area contributed by atoms with Crippen molar-refractivity contribution in [3.05, 3.63) is 27.1 Å². The number of halogens is 1. The molecule has 24 heavy (non-hydrogen) atoms. The molecule has 0 unspecified atom stereocenters. The molecule has 0 bridgehead atoms. The van der Waals surface area contributed by atoms with Crippen molar-refractivity contribution in [3.8, 4) is 11.5 Å². The van der Waals surface area contributed by atoms with Crippen LogP contribution in [0.15, 0.2) is 21.5 Å². The molecule has 1 aromatic carbocycles. The third-order valence-corrected chi connectivity index (χ3v) is 4.84. The minimum Gasteiger partial charge on any atom is -0.465 e. The van der Waals surface area contributed by atoms with Crippen molar-refractivity contribution in [1.29, 1.82) is 0 Å². The maximum absolute atomic E-state index is 12.3. The first kappa shape index (κ1) is 16.8. The van der Waals surface area contributed by atoms with Crippen molar-refractivity contribution < 1.29 is 28.6 Å². The number of hydrogen-bond acceptors (Lipinski definition) is 7. The molecule has 1 aromatic rings. The molecule has 3 rings (SSSR count). The van der Waals surface area contributed by atoms with E-state index in [1.807, 2.05) is 0 Å². The van der Waals surface area contributed by atoms with Crippen LogP contribution in [0.3, 0.4) is 0 Å². The van der Waals surface area contributed by atoms with Crippen LogP contribution in [0.4, 0.5) is 4.79 Å². The molecular formula is C15H12BrNO6S. The summed E-state index contributed by atoms with van der Waals surface area (Å²) in [5, 5.41) is -0.504. The molecule has 9 heteroatoms. The number of carbonyl (C=O) groups is 3. The first-order valence-electron chi connectivity index (χ1n) is 6.99. The lowest BCUT2D eigenvalue weighted by Crippen LogP contribution is -2.34. The fraction of sp³-hybridized carbons (Fsp3) is 0.267. The molecule has 126 valence electrons. The molecule has 7 nitrogen and oxygen atoms in total. The van der Waals surface area contributed by atoms with Crippen LogP contribution in [0.1, 0.15) is 12.5 Å². The van der Waals surface area contributed by atoms with E-state index < -0.39 is 23.7 Å². The highest BCUT2D eigenvalue weighted by Gasteiger charge is 2.36. The van der Waals surface area contributed by atoms with Gasteiger partial charge in [0.05, 0.1) is 11.5 Å². The Kier molecular flexibility index (Phi) is 4.81. The molecule has 2 heterocycles. The zero-order valence-electron chi connectivity index (χ0n) is 12.5. The molecule has 0 saturated carbocycles. The summed E-state index contributed by atoms with van der Waals surface area (Å²) in [6, 6.07) is 3.45. The van der Waals surface area contributed by atoms with Crippen LogP contribution >= 0.6 is 27.7 Å². The number of rotatable bonds is 4. The van der Waals surface area contributed by atoms with Crippen LogP contribution in [0, 0.1) is 0 Å². The Balaban J connectivity index is 1.83. The quantitative estimate of drug-likeness (QED) is 0.554. The van der Waals surface area contributed by atoms with Gasteiger partial charge in [-0.15, -0.1) is 0 Å². The monoisotopic (exact) mass is 413 g/mol. The van der Waals surface area contributed by atoms with Gasteiger partial charge in [-0.3, -0.25) is 19.3 Å². The second-order valence-electron chi connectivity index (χ2n) is 4.80. The minimum atomic E-state index is -0.620. The van der Waals surface area contributed by atoms with Gasteiger partial charge < -0.3 is 14.2 Å². The summed E-state index contributed by atoms with van der Waals surface area (Å²) in [6.45, 7) is 1.59. The highest BCUT2D eigenvalue weighted by atomic mass is 79.9. The van der Waals surface area contributed by atoms with Gasteiger partial charge in [0.1, 0.15) is 6.54 Å². The maximum atomic E-state index is 12.3.